The van der Waals surface area contributed by atoms with Crippen LogP contribution < -0.4 is 11.5 Å². The van der Waals surface area contributed by atoms with Gasteiger partial charge in [-0.2, -0.15) is 0 Å². The van der Waals surface area contributed by atoms with Crippen LogP contribution >= 0.6 is 0 Å². The summed E-state index contributed by atoms with van der Waals surface area (Å²) >= 11 is 0. The van der Waals surface area contributed by atoms with Crippen LogP contribution in [-0.4, -0.2) is 5.96 Å². The molecule has 3 heteroatoms. The highest BCUT2D eigenvalue weighted by Crippen LogP contribution is 2.36. The van der Waals surface area contributed by atoms with E-state index in [9.17, 15) is 0 Å². The third kappa shape index (κ3) is 3.77. The van der Waals surface area contributed by atoms with E-state index in [0.29, 0.717) is 5.41 Å². The Morgan fingerprint density at radius 1 is 1.29 bits per heavy atom. The quantitative estimate of drug-likeness (QED) is 0.475. The minimum atomic E-state index is -0.333. The van der Waals surface area contributed by atoms with Gasteiger partial charge in [0.05, 0.1) is 0 Å². The van der Waals surface area contributed by atoms with E-state index in [2.05, 4.69) is 50.4 Å². The minimum absolute atomic E-state index is 0.333. The van der Waals surface area contributed by atoms with Crippen LogP contribution in [0.5, 0.6) is 0 Å². The molecule has 1 aliphatic rings. The number of nitrogens with two attached hydrogens (primary N) is 2. The standard InChI is InChI=1S/C13H18.CH5N3/c1-10-6-7-12-11(9-10)5-4-8-13(12,2)3;2-1(3)4/h6-7,9H,4-5,8H2,1-3H3;(H5,2,3,4). The van der Waals surface area contributed by atoms with Crippen LogP contribution in [0.4, 0.5) is 0 Å². The Kier molecular flexibility index (Phi) is 4.16. The van der Waals surface area contributed by atoms with Crippen molar-refractivity contribution in [3.05, 3.63) is 34.9 Å². The second-order valence-electron chi connectivity index (χ2n) is 5.35. The van der Waals surface area contributed by atoms with E-state index in [1.54, 1.807) is 11.1 Å². The van der Waals surface area contributed by atoms with E-state index in [0.717, 1.165) is 0 Å². The molecule has 1 aromatic rings. The fourth-order valence-electron chi connectivity index (χ4n) is 2.45. The molecule has 0 saturated heterocycles. The van der Waals surface area contributed by atoms with Crippen LogP contribution in [0.3, 0.4) is 0 Å². The van der Waals surface area contributed by atoms with Crippen molar-refractivity contribution in [1.29, 1.82) is 5.41 Å². The summed E-state index contributed by atoms with van der Waals surface area (Å²) in [5, 5.41) is 6.06. The lowest BCUT2D eigenvalue weighted by molar-refractivity contribution is 0.432. The predicted molar refractivity (Wildman–Crippen MR) is 73.2 cm³/mol. The Hall–Kier alpha value is -1.51. The zero-order valence-electron chi connectivity index (χ0n) is 11.0. The lowest BCUT2D eigenvalue weighted by atomic mass is 9.72. The molecule has 0 radical (unpaired) electrons. The SMILES string of the molecule is Cc1ccc2c(c1)CCCC2(C)C.N=C(N)N. The molecular formula is C14H23N3. The molecular weight excluding hydrogens is 210 g/mol. The highest BCUT2D eigenvalue weighted by Gasteiger charge is 2.26. The summed E-state index contributed by atoms with van der Waals surface area (Å²) in [4.78, 5) is 0. The Morgan fingerprint density at radius 2 is 1.88 bits per heavy atom. The highest BCUT2D eigenvalue weighted by molar-refractivity contribution is 5.71. The summed E-state index contributed by atoms with van der Waals surface area (Å²) in [7, 11) is 0. The number of aryl methyl sites for hydroxylation is 2. The van der Waals surface area contributed by atoms with E-state index in [4.69, 9.17) is 5.41 Å². The molecule has 0 bridgehead atoms. The van der Waals surface area contributed by atoms with E-state index < -0.39 is 0 Å². The largest absolute Gasteiger partial charge is 0.370 e. The molecule has 2 rings (SSSR count). The van der Waals surface area contributed by atoms with E-state index in [1.165, 1.54) is 24.8 Å². The van der Waals surface area contributed by atoms with Gasteiger partial charge in [-0.05, 0) is 42.7 Å². The Morgan fingerprint density at radius 3 is 2.47 bits per heavy atom. The summed E-state index contributed by atoms with van der Waals surface area (Å²) in [5.41, 5.74) is 13.9. The number of guanidine groups is 1. The molecule has 17 heavy (non-hydrogen) atoms. The van der Waals surface area contributed by atoms with Crippen LogP contribution in [0.25, 0.3) is 0 Å². The Balaban J connectivity index is 0.000000317. The average molecular weight is 233 g/mol. The van der Waals surface area contributed by atoms with Crippen molar-refractivity contribution >= 4 is 5.96 Å². The number of hydrogen-bond donors (Lipinski definition) is 3. The van der Waals surface area contributed by atoms with E-state index in [-0.39, 0.29) is 5.96 Å². The molecule has 0 unspecified atom stereocenters. The molecule has 0 atom stereocenters. The molecule has 0 heterocycles. The van der Waals surface area contributed by atoms with Crippen molar-refractivity contribution < 1.29 is 0 Å². The normalized spacial score (nSPS) is 16.4. The molecule has 0 aromatic heterocycles. The van der Waals surface area contributed by atoms with E-state index in [1.807, 2.05) is 0 Å². The van der Waals surface area contributed by atoms with Crippen LogP contribution in [0, 0.1) is 12.3 Å². The van der Waals surface area contributed by atoms with Gasteiger partial charge in [-0.25, -0.2) is 0 Å². The van der Waals surface area contributed by atoms with Gasteiger partial charge in [0.25, 0.3) is 0 Å². The van der Waals surface area contributed by atoms with Gasteiger partial charge in [0.2, 0.25) is 0 Å². The first kappa shape index (κ1) is 13.6. The zero-order valence-corrected chi connectivity index (χ0v) is 11.0. The van der Waals surface area contributed by atoms with Gasteiger partial charge in [-0.15, -0.1) is 0 Å². The first-order valence-electron chi connectivity index (χ1n) is 6.02. The van der Waals surface area contributed by atoms with Crippen molar-refractivity contribution in [1.82, 2.24) is 0 Å². The first-order valence-corrected chi connectivity index (χ1v) is 6.02. The molecule has 0 fully saturated rings. The summed E-state index contributed by atoms with van der Waals surface area (Å²) in [5.74, 6) is -0.333. The fraction of sp³-hybridized carbons (Fsp3) is 0.500. The third-order valence-electron chi connectivity index (χ3n) is 3.24. The second-order valence-corrected chi connectivity index (χ2v) is 5.35. The van der Waals surface area contributed by atoms with Gasteiger partial charge in [0.1, 0.15) is 0 Å². The van der Waals surface area contributed by atoms with Crippen molar-refractivity contribution in [3.8, 4) is 0 Å². The molecule has 0 saturated carbocycles. The second kappa shape index (κ2) is 5.21. The third-order valence-corrected chi connectivity index (χ3v) is 3.24. The van der Waals surface area contributed by atoms with Gasteiger partial charge >= 0.3 is 0 Å². The predicted octanol–water partition coefficient (Wildman–Crippen LogP) is 2.45. The average Bonchev–Trinajstić information content (AvgIpc) is 2.15. The minimum Gasteiger partial charge on any atom is -0.370 e. The summed E-state index contributed by atoms with van der Waals surface area (Å²) in [6.45, 7) is 6.91. The van der Waals surface area contributed by atoms with Gasteiger partial charge in [0.15, 0.2) is 5.96 Å². The lowest BCUT2D eigenvalue weighted by Crippen LogP contribution is -2.23. The zero-order chi connectivity index (χ0) is 13.1. The van der Waals surface area contributed by atoms with Crippen molar-refractivity contribution in [2.75, 3.05) is 0 Å². The summed E-state index contributed by atoms with van der Waals surface area (Å²) in [6, 6.07) is 6.92. The van der Waals surface area contributed by atoms with Crippen LogP contribution in [0.2, 0.25) is 0 Å². The molecule has 1 aliphatic carbocycles. The lowest BCUT2D eigenvalue weighted by Gasteiger charge is -2.32. The smallest absolute Gasteiger partial charge is 0.183 e. The number of fused-ring (bicyclic) bond motifs is 1. The number of benzene rings is 1. The highest BCUT2D eigenvalue weighted by atomic mass is 14.9. The van der Waals surface area contributed by atoms with Crippen molar-refractivity contribution in [2.24, 2.45) is 11.5 Å². The van der Waals surface area contributed by atoms with Gasteiger partial charge in [-0.1, -0.05) is 37.6 Å². The molecule has 3 nitrogen and oxygen atoms in total. The van der Waals surface area contributed by atoms with Gasteiger partial charge in [0, 0.05) is 0 Å². The molecule has 5 N–H and O–H groups in total. The van der Waals surface area contributed by atoms with Crippen molar-refractivity contribution in [3.63, 3.8) is 0 Å². The topological polar surface area (TPSA) is 75.9 Å². The summed E-state index contributed by atoms with van der Waals surface area (Å²) in [6.07, 6.45) is 3.97. The van der Waals surface area contributed by atoms with Gasteiger partial charge in [-0.3, -0.25) is 5.41 Å². The maximum atomic E-state index is 6.06. The fourth-order valence-corrected chi connectivity index (χ4v) is 2.45. The molecule has 1 aromatic carbocycles. The molecule has 0 amide bonds. The van der Waals surface area contributed by atoms with Crippen LogP contribution in [0.1, 0.15) is 43.4 Å². The maximum Gasteiger partial charge on any atom is 0.183 e. The monoisotopic (exact) mass is 233 g/mol. The van der Waals surface area contributed by atoms with Gasteiger partial charge < -0.3 is 11.5 Å². The summed E-state index contributed by atoms with van der Waals surface area (Å²) < 4.78 is 0. The molecule has 94 valence electrons. The first-order chi connectivity index (χ1) is 7.83. The van der Waals surface area contributed by atoms with Crippen LogP contribution in [-0.2, 0) is 11.8 Å². The molecule has 0 spiro atoms. The molecule has 0 aliphatic heterocycles. The van der Waals surface area contributed by atoms with Crippen molar-refractivity contribution in [2.45, 2.75) is 45.4 Å². The number of hydrogen-bond acceptors (Lipinski definition) is 1. The Bertz CT molecular complexity index is 404. The number of nitrogens with one attached hydrogen (secondary N) is 1. The number of rotatable bonds is 0. The Labute approximate surface area is 104 Å². The van der Waals surface area contributed by atoms with Crippen LogP contribution in [0.15, 0.2) is 18.2 Å². The maximum absolute atomic E-state index is 6.06. The van der Waals surface area contributed by atoms with E-state index >= 15 is 0 Å².